The number of carboxylic acid groups (broad SMARTS) is 1. The van der Waals surface area contributed by atoms with E-state index in [1.807, 2.05) is 0 Å². The first-order valence-corrected chi connectivity index (χ1v) is 5.44. The van der Waals surface area contributed by atoms with Crippen molar-refractivity contribution in [2.75, 3.05) is 6.54 Å². The lowest BCUT2D eigenvalue weighted by Crippen LogP contribution is -2.41. The van der Waals surface area contributed by atoms with Crippen LogP contribution in [-0.2, 0) is 4.79 Å². The predicted octanol–water partition coefficient (Wildman–Crippen LogP) is 1.67. The van der Waals surface area contributed by atoms with Crippen molar-refractivity contribution in [3.63, 3.8) is 0 Å². The molecule has 0 unspecified atom stereocenters. The minimum atomic E-state index is -1.05. The first kappa shape index (κ1) is 13.4. The third-order valence-electron chi connectivity index (χ3n) is 2.14. The number of aliphatic carboxylic acids is 1. The Kier molecular flexibility index (Phi) is 4.45. The molecule has 0 aliphatic heterocycles. The Labute approximate surface area is 104 Å². The zero-order chi connectivity index (χ0) is 13.0. The van der Waals surface area contributed by atoms with E-state index in [9.17, 15) is 9.59 Å². The van der Waals surface area contributed by atoms with E-state index in [2.05, 4.69) is 4.98 Å². The summed E-state index contributed by atoms with van der Waals surface area (Å²) in [6, 6.07) is 2.80. The smallest absolute Gasteiger partial charge is 0.323 e. The van der Waals surface area contributed by atoms with E-state index in [0.29, 0.717) is 5.02 Å². The van der Waals surface area contributed by atoms with Crippen molar-refractivity contribution in [2.24, 2.45) is 0 Å². The van der Waals surface area contributed by atoms with Gasteiger partial charge >= 0.3 is 5.97 Å². The quantitative estimate of drug-likeness (QED) is 0.890. The SMILES string of the molecule is CC(C)N(CC(=O)O)C(=O)c1ccc(Cl)cn1. The molecule has 0 saturated carbocycles. The third-order valence-corrected chi connectivity index (χ3v) is 2.36. The lowest BCUT2D eigenvalue weighted by Gasteiger charge is -2.24. The summed E-state index contributed by atoms with van der Waals surface area (Å²) in [6.45, 7) is 3.15. The molecule has 1 aromatic heterocycles. The summed E-state index contributed by atoms with van der Waals surface area (Å²) in [6.07, 6.45) is 1.36. The van der Waals surface area contributed by atoms with Crippen LogP contribution in [0.1, 0.15) is 24.3 Å². The van der Waals surface area contributed by atoms with E-state index >= 15 is 0 Å². The number of hydrogen-bond acceptors (Lipinski definition) is 3. The summed E-state index contributed by atoms with van der Waals surface area (Å²) in [5.41, 5.74) is 0.185. The van der Waals surface area contributed by atoms with Crippen LogP contribution in [0.15, 0.2) is 18.3 Å². The standard InChI is InChI=1S/C11H13ClN2O3/c1-7(2)14(6-10(15)16)11(17)9-4-3-8(12)5-13-9/h3-5,7H,6H2,1-2H3,(H,15,16). The van der Waals surface area contributed by atoms with Gasteiger partial charge in [0.15, 0.2) is 0 Å². The van der Waals surface area contributed by atoms with Gasteiger partial charge in [0.1, 0.15) is 12.2 Å². The maximum absolute atomic E-state index is 12.0. The highest BCUT2D eigenvalue weighted by atomic mass is 35.5. The number of carbonyl (C=O) groups is 2. The summed E-state index contributed by atoms with van der Waals surface area (Å²) in [5, 5.41) is 9.16. The lowest BCUT2D eigenvalue weighted by molar-refractivity contribution is -0.138. The number of hydrogen-bond donors (Lipinski definition) is 1. The van der Waals surface area contributed by atoms with Crippen LogP contribution in [-0.4, -0.2) is 39.5 Å². The fourth-order valence-electron chi connectivity index (χ4n) is 1.28. The van der Waals surface area contributed by atoms with E-state index in [4.69, 9.17) is 16.7 Å². The molecule has 6 heteroatoms. The van der Waals surface area contributed by atoms with Gasteiger partial charge in [-0.3, -0.25) is 9.59 Å². The fraction of sp³-hybridized carbons (Fsp3) is 0.364. The van der Waals surface area contributed by atoms with Gasteiger partial charge in [0.2, 0.25) is 0 Å². The van der Waals surface area contributed by atoms with Crippen molar-refractivity contribution in [1.82, 2.24) is 9.88 Å². The number of carbonyl (C=O) groups excluding carboxylic acids is 1. The van der Waals surface area contributed by atoms with Crippen LogP contribution >= 0.6 is 11.6 Å². The molecule has 0 bridgehead atoms. The second-order valence-electron chi connectivity index (χ2n) is 3.78. The molecule has 0 fully saturated rings. The van der Waals surface area contributed by atoms with Crippen molar-refractivity contribution >= 4 is 23.5 Å². The molecule has 17 heavy (non-hydrogen) atoms. The molecule has 1 heterocycles. The van der Waals surface area contributed by atoms with Crippen molar-refractivity contribution in [1.29, 1.82) is 0 Å². The monoisotopic (exact) mass is 256 g/mol. The Bertz CT molecular complexity index is 417. The second-order valence-corrected chi connectivity index (χ2v) is 4.22. The molecule has 1 rings (SSSR count). The number of nitrogens with zero attached hydrogens (tertiary/aromatic N) is 2. The molecule has 5 nitrogen and oxygen atoms in total. The fourth-order valence-corrected chi connectivity index (χ4v) is 1.40. The molecule has 0 saturated heterocycles. The average molecular weight is 257 g/mol. The second kappa shape index (κ2) is 5.63. The Morgan fingerprint density at radius 1 is 1.47 bits per heavy atom. The van der Waals surface area contributed by atoms with Crippen LogP contribution in [0.4, 0.5) is 0 Å². The van der Waals surface area contributed by atoms with Crippen molar-refractivity contribution < 1.29 is 14.7 Å². The molecular weight excluding hydrogens is 244 g/mol. The van der Waals surface area contributed by atoms with Crippen molar-refractivity contribution in [2.45, 2.75) is 19.9 Å². The Balaban J connectivity index is 2.91. The number of pyridine rings is 1. The molecule has 0 atom stereocenters. The van der Waals surface area contributed by atoms with Gasteiger partial charge in [0.25, 0.3) is 5.91 Å². The van der Waals surface area contributed by atoms with Gasteiger partial charge in [-0.1, -0.05) is 11.6 Å². The number of aromatic nitrogens is 1. The topological polar surface area (TPSA) is 70.5 Å². The van der Waals surface area contributed by atoms with Gasteiger partial charge in [-0.25, -0.2) is 4.98 Å². The first-order chi connectivity index (χ1) is 7.91. The van der Waals surface area contributed by atoms with Crippen LogP contribution in [0.3, 0.4) is 0 Å². The first-order valence-electron chi connectivity index (χ1n) is 5.06. The Hall–Kier alpha value is -1.62. The van der Waals surface area contributed by atoms with Crippen LogP contribution in [0.2, 0.25) is 5.02 Å². The molecule has 1 N–H and O–H groups in total. The summed E-state index contributed by atoms with van der Waals surface area (Å²) < 4.78 is 0. The van der Waals surface area contributed by atoms with E-state index in [-0.39, 0.29) is 18.3 Å². The molecule has 92 valence electrons. The number of rotatable bonds is 4. The zero-order valence-corrected chi connectivity index (χ0v) is 10.3. The van der Waals surface area contributed by atoms with Crippen LogP contribution in [0.5, 0.6) is 0 Å². The van der Waals surface area contributed by atoms with Crippen molar-refractivity contribution in [3.05, 3.63) is 29.0 Å². The summed E-state index contributed by atoms with van der Waals surface area (Å²) in [4.78, 5) is 27.8. The highest BCUT2D eigenvalue weighted by molar-refractivity contribution is 6.30. The number of carboxylic acids is 1. The highest BCUT2D eigenvalue weighted by Gasteiger charge is 2.22. The molecule has 0 aliphatic carbocycles. The van der Waals surface area contributed by atoms with Gasteiger partial charge in [-0.2, -0.15) is 0 Å². The van der Waals surface area contributed by atoms with E-state index in [1.54, 1.807) is 19.9 Å². The maximum atomic E-state index is 12.0. The maximum Gasteiger partial charge on any atom is 0.323 e. The Morgan fingerprint density at radius 3 is 2.53 bits per heavy atom. The Morgan fingerprint density at radius 2 is 2.12 bits per heavy atom. The average Bonchev–Trinajstić information content (AvgIpc) is 2.25. The van der Waals surface area contributed by atoms with Gasteiger partial charge in [-0.05, 0) is 26.0 Å². The predicted molar refractivity (Wildman–Crippen MR) is 63.1 cm³/mol. The number of amides is 1. The molecule has 1 aromatic rings. The molecule has 0 aliphatic rings. The van der Waals surface area contributed by atoms with E-state index in [1.165, 1.54) is 17.2 Å². The molecule has 1 amide bonds. The van der Waals surface area contributed by atoms with Gasteiger partial charge < -0.3 is 10.0 Å². The molecule has 0 spiro atoms. The van der Waals surface area contributed by atoms with Crippen molar-refractivity contribution in [3.8, 4) is 0 Å². The molecule has 0 aromatic carbocycles. The summed E-state index contributed by atoms with van der Waals surface area (Å²) >= 11 is 5.66. The molecular formula is C11H13ClN2O3. The number of halogens is 1. The van der Waals surface area contributed by atoms with Gasteiger partial charge in [0, 0.05) is 12.2 Å². The van der Waals surface area contributed by atoms with E-state index in [0.717, 1.165) is 0 Å². The summed E-state index contributed by atoms with van der Waals surface area (Å²) in [5.74, 6) is -1.47. The van der Waals surface area contributed by atoms with Gasteiger partial charge in [-0.15, -0.1) is 0 Å². The zero-order valence-electron chi connectivity index (χ0n) is 9.55. The van der Waals surface area contributed by atoms with Crippen LogP contribution < -0.4 is 0 Å². The van der Waals surface area contributed by atoms with Crippen LogP contribution in [0.25, 0.3) is 0 Å². The van der Waals surface area contributed by atoms with E-state index < -0.39 is 11.9 Å². The van der Waals surface area contributed by atoms with Crippen LogP contribution in [0, 0.1) is 0 Å². The third kappa shape index (κ3) is 3.71. The largest absolute Gasteiger partial charge is 0.480 e. The van der Waals surface area contributed by atoms with Gasteiger partial charge in [0.05, 0.1) is 5.02 Å². The lowest BCUT2D eigenvalue weighted by atomic mass is 10.2. The minimum absolute atomic E-state index is 0.185. The normalized spacial score (nSPS) is 10.4. The summed E-state index contributed by atoms with van der Waals surface area (Å²) in [7, 11) is 0. The minimum Gasteiger partial charge on any atom is -0.480 e. The highest BCUT2D eigenvalue weighted by Crippen LogP contribution is 2.10. The molecule has 0 radical (unpaired) electrons.